The van der Waals surface area contributed by atoms with Crippen LogP contribution in [0.4, 0.5) is 0 Å². The van der Waals surface area contributed by atoms with Gasteiger partial charge in [-0.1, -0.05) is 18.2 Å². The molecular formula is C21H21N3O2S. The van der Waals surface area contributed by atoms with Crippen molar-refractivity contribution in [3.63, 3.8) is 0 Å². The van der Waals surface area contributed by atoms with E-state index in [0.717, 1.165) is 24.1 Å². The number of aryl methyl sites for hydroxylation is 1. The van der Waals surface area contributed by atoms with E-state index in [-0.39, 0.29) is 6.04 Å². The molecule has 3 aromatic rings. The van der Waals surface area contributed by atoms with E-state index in [1.54, 1.807) is 27.8 Å². The highest BCUT2D eigenvalue weighted by Gasteiger charge is 2.37. The number of hydrogen-bond acceptors (Lipinski definition) is 4. The van der Waals surface area contributed by atoms with Crippen molar-refractivity contribution in [2.75, 3.05) is 0 Å². The van der Waals surface area contributed by atoms with Crippen LogP contribution in [0.15, 0.2) is 47.2 Å². The zero-order valence-electron chi connectivity index (χ0n) is 15.4. The molecule has 0 unspecified atom stereocenters. The predicted molar refractivity (Wildman–Crippen MR) is 105 cm³/mol. The van der Waals surface area contributed by atoms with Gasteiger partial charge in [0.1, 0.15) is 0 Å². The molecule has 0 spiro atoms. The summed E-state index contributed by atoms with van der Waals surface area (Å²) >= 11 is 1.60. The summed E-state index contributed by atoms with van der Waals surface area (Å²) in [6.45, 7) is 4.12. The van der Waals surface area contributed by atoms with Gasteiger partial charge in [-0.3, -0.25) is 9.59 Å². The molecule has 5 nitrogen and oxygen atoms in total. The maximum absolute atomic E-state index is 13.1. The number of rotatable bonds is 6. The molecule has 0 bridgehead atoms. The molecule has 0 radical (unpaired) electrons. The second-order valence-corrected chi connectivity index (χ2v) is 7.70. The number of thiophene rings is 1. The van der Waals surface area contributed by atoms with Crippen LogP contribution in [0.3, 0.4) is 0 Å². The van der Waals surface area contributed by atoms with Crippen LogP contribution in [0.2, 0.25) is 0 Å². The minimum Gasteiger partial charge on any atom is -0.328 e. The van der Waals surface area contributed by atoms with Crippen LogP contribution in [-0.4, -0.2) is 32.4 Å². The van der Waals surface area contributed by atoms with Gasteiger partial charge in [0.2, 0.25) is 0 Å². The number of amides is 1. The van der Waals surface area contributed by atoms with E-state index in [9.17, 15) is 9.59 Å². The Morgan fingerprint density at radius 1 is 1.19 bits per heavy atom. The number of ketones is 1. The van der Waals surface area contributed by atoms with Gasteiger partial charge in [0.05, 0.1) is 22.6 Å². The Bertz CT molecular complexity index is 973. The Morgan fingerprint density at radius 3 is 2.56 bits per heavy atom. The first-order valence-electron chi connectivity index (χ1n) is 9.04. The molecule has 0 aliphatic heterocycles. The molecule has 0 N–H and O–H groups in total. The van der Waals surface area contributed by atoms with E-state index in [2.05, 4.69) is 5.10 Å². The topological polar surface area (TPSA) is 55.2 Å². The third kappa shape index (κ3) is 3.45. The summed E-state index contributed by atoms with van der Waals surface area (Å²) in [7, 11) is 0. The summed E-state index contributed by atoms with van der Waals surface area (Å²) in [5.41, 5.74) is 3.65. The second kappa shape index (κ2) is 7.12. The van der Waals surface area contributed by atoms with Gasteiger partial charge in [-0.15, -0.1) is 0 Å². The average Bonchev–Trinajstić information content (AvgIpc) is 3.30. The molecule has 6 heteroatoms. The molecule has 1 amide bonds. The van der Waals surface area contributed by atoms with Crippen LogP contribution < -0.4 is 0 Å². The molecule has 27 heavy (non-hydrogen) atoms. The number of hydrogen-bond donors (Lipinski definition) is 0. The smallest absolute Gasteiger partial charge is 0.295 e. The van der Waals surface area contributed by atoms with Gasteiger partial charge in [0, 0.05) is 12.6 Å². The lowest BCUT2D eigenvalue weighted by molar-refractivity contribution is -0.127. The Morgan fingerprint density at radius 2 is 1.93 bits per heavy atom. The highest BCUT2D eigenvalue weighted by molar-refractivity contribution is 7.07. The Hall–Kier alpha value is -2.73. The largest absolute Gasteiger partial charge is 0.328 e. The number of para-hydroxylation sites is 1. The monoisotopic (exact) mass is 379 g/mol. The van der Waals surface area contributed by atoms with Crippen molar-refractivity contribution < 1.29 is 9.59 Å². The molecule has 1 fully saturated rings. The van der Waals surface area contributed by atoms with Gasteiger partial charge in [-0.25, -0.2) is 4.68 Å². The van der Waals surface area contributed by atoms with Crippen molar-refractivity contribution in [3.8, 4) is 5.69 Å². The number of aromatic nitrogens is 2. The first kappa shape index (κ1) is 17.7. The summed E-state index contributed by atoms with van der Waals surface area (Å²) in [4.78, 5) is 27.9. The van der Waals surface area contributed by atoms with Crippen LogP contribution in [0, 0.1) is 13.8 Å². The van der Waals surface area contributed by atoms with Crippen LogP contribution in [0.1, 0.15) is 40.2 Å². The van der Waals surface area contributed by atoms with E-state index in [4.69, 9.17) is 0 Å². The van der Waals surface area contributed by atoms with Gasteiger partial charge >= 0.3 is 0 Å². The van der Waals surface area contributed by atoms with Gasteiger partial charge in [-0.05, 0) is 61.2 Å². The maximum atomic E-state index is 13.1. The highest BCUT2D eigenvalue weighted by Crippen LogP contribution is 2.30. The van der Waals surface area contributed by atoms with E-state index < -0.39 is 11.7 Å². The number of carbonyl (C=O) groups excluding carboxylic acids is 2. The molecule has 0 atom stereocenters. The molecule has 1 aliphatic rings. The second-order valence-electron chi connectivity index (χ2n) is 6.92. The lowest BCUT2D eigenvalue weighted by atomic mass is 10.1. The third-order valence-corrected chi connectivity index (χ3v) is 5.63. The molecule has 4 rings (SSSR count). The Labute approximate surface area is 162 Å². The zero-order chi connectivity index (χ0) is 19.0. The fraction of sp³-hybridized carbons (Fsp3) is 0.286. The van der Waals surface area contributed by atoms with Crippen LogP contribution in [0.25, 0.3) is 5.69 Å². The van der Waals surface area contributed by atoms with E-state index in [0.29, 0.717) is 23.5 Å². The fourth-order valence-electron chi connectivity index (χ4n) is 3.36. The predicted octanol–water partition coefficient (Wildman–Crippen LogP) is 3.92. The summed E-state index contributed by atoms with van der Waals surface area (Å²) < 4.78 is 1.73. The van der Waals surface area contributed by atoms with Gasteiger partial charge < -0.3 is 4.90 Å². The third-order valence-electron chi connectivity index (χ3n) is 4.89. The molecule has 1 aromatic carbocycles. The van der Waals surface area contributed by atoms with Crippen LogP contribution >= 0.6 is 11.3 Å². The zero-order valence-corrected chi connectivity index (χ0v) is 16.2. The van der Waals surface area contributed by atoms with Crippen molar-refractivity contribution in [1.29, 1.82) is 0 Å². The maximum Gasteiger partial charge on any atom is 0.295 e. The van der Waals surface area contributed by atoms with Crippen molar-refractivity contribution in [2.24, 2.45) is 0 Å². The minimum absolute atomic E-state index is 0.172. The number of Topliss-reactive ketones (excluding diaryl/α,β-unsaturated/α-hetero) is 1. The molecule has 138 valence electrons. The first-order chi connectivity index (χ1) is 13.1. The van der Waals surface area contributed by atoms with Gasteiger partial charge in [-0.2, -0.15) is 16.4 Å². The average molecular weight is 379 g/mol. The normalized spacial score (nSPS) is 13.6. The standard InChI is InChI=1S/C21H21N3O2S/c1-14-19(15(2)24(22-14)18-6-4-3-5-7-18)20(25)21(26)23(17-8-9-17)12-16-10-11-27-13-16/h3-7,10-11,13,17H,8-9,12H2,1-2H3. The minimum atomic E-state index is -0.464. The Kier molecular flexibility index (Phi) is 4.66. The van der Waals surface area contributed by atoms with Crippen molar-refractivity contribution in [1.82, 2.24) is 14.7 Å². The summed E-state index contributed by atoms with van der Waals surface area (Å²) in [6, 6.07) is 11.8. The number of benzene rings is 1. The quantitative estimate of drug-likeness (QED) is 0.482. The number of carbonyl (C=O) groups is 2. The van der Waals surface area contributed by atoms with Gasteiger partial charge in [0.25, 0.3) is 11.7 Å². The van der Waals surface area contributed by atoms with Crippen LogP contribution in [-0.2, 0) is 11.3 Å². The van der Waals surface area contributed by atoms with Crippen molar-refractivity contribution >= 4 is 23.0 Å². The molecule has 1 aliphatic carbocycles. The lowest BCUT2D eigenvalue weighted by Gasteiger charge is -2.21. The lowest BCUT2D eigenvalue weighted by Crippen LogP contribution is -2.38. The van der Waals surface area contributed by atoms with E-state index in [1.807, 2.05) is 54.1 Å². The summed E-state index contributed by atoms with van der Waals surface area (Å²) in [6.07, 6.45) is 1.93. The van der Waals surface area contributed by atoms with Crippen molar-refractivity contribution in [2.45, 2.75) is 39.3 Å². The van der Waals surface area contributed by atoms with Crippen molar-refractivity contribution in [3.05, 3.63) is 69.7 Å². The molecule has 2 heterocycles. The van der Waals surface area contributed by atoms with Crippen LogP contribution in [0.5, 0.6) is 0 Å². The summed E-state index contributed by atoms with van der Waals surface area (Å²) in [5.74, 6) is -0.892. The highest BCUT2D eigenvalue weighted by atomic mass is 32.1. The van der Waals surface area contributed by atoms with E-state index in [1.165, 1.54) is 0 Å². The van der Waals surface area contributed by atoms with E-state index >= 15 is 0 Å². The summed E-state index contributed by atoms with van der Waals surface area (Å²) in [5, 5.41) is 8.52. The number of nitrogens with zero attached hydrogens (tertiary/aromatic N) is 3. The van der Waals surface area contributed by atoms with Gasteiger partial charge in [0.15, 0.2) is 0 Å². The Balaban J connectivity index is 1.64. The molecule has 1 saturated carbocycles. The molecule has 0 saturated heterocycles. The first-order valence-corrected chi connectivity index (χ1v) is 9.98. The molecular weight excluding hydrogens is 358 g/mol. The SMILES string of the molecule is Cc1nn(-c2ccccc2)c(C)c1C(=O)C(=O)N(Cc1ccsc1)C1CC1. The fourth-order valence-corrected chi connectivity index (χ4v) is 4.02. The molecule has 2 aromatic heterocycles.